The fourth-order valence-electron chi connectivity index (χ4n) is 3.97. The number of alkyl halides is 3. The number of carbonyl (C=O) groups is 1. The molecule has 0 aromatic heterocycles. The maximum atomic E-state index is 12.7. The highest BCUT2D eigenvalue weighted by Gasteiger charge is 2.38. The molecule has 2 atom stereocenters. The molecular weight excluding hydrogens is 395 g/mol. The van der Waals surface area contributed by atoms with Crippen LogP contribution in [0.25, 0.3) is 0 Å². The summed E-state index contributed by atoms with van der Waals surface area (Å²) in [6.45, 7) is 1.01. The fraction of sp³-hybridized carbons (Fsp3) is 0.348. The molecule has 2 aromatic carbocycles. The van der Waals surface area contributed by atoms with Crippen molar-refractivity contribution in [2.75, 3.05) is 13.2 Å². The lowest BCUT2D eigenvalue weighted by atomic mass is 9.90. The minimum atomic E-state index is -4.34. The Hall–Kier alpha value is -2.80. The van der Waals surface area contributed by atoms with Crippen molar-refractivity contribution < 1.29 is 27.4 Å². The van der Waals surface area contributed by atoms with Gasteiger partial charge in [-0.3, -0.25) is 4.90 Å². The van der Waals surface area contributed by atoms with E-state index in [1.807, 2.05) is 36.4 Å². The molecular formula is C23H22F3NO3. The van der Waals surface area contributed by atoms with Crippen molar-refractivity contribution in [2.45, 2.75) is 37.7 Å². The second-order valence-electron chi connectivity index (χ2n) is 7.61. The molecule has 2 bridgehead atoms. The van der Waals surface area contributed by atoms with Crippen LogP contribution < -0.4 is 0 Å². The topological polar surface area (TPSA) is 38.8 Å². The van der Waals surface area contributed by atoms with Crippen molar-refractivity contribution in [1.29, 1.82) is 0 Å². The van der Waals surface area contributed by atoms with Crippen molar-refractivity contribution >= 4 is 6.09 Å². The van der Waals surface area contributed by atoms with E-state index in [1.165, 1.54) is 12.1 Å². The summed E-state index contributed by atoms with van der Waals surface area (Å²) in [5, 5.41) is 0. The van der Waals surface area contributed by atoms with Crippen LogP contribution in [0.2, 0.25) is 0 Å². The van der Waals surface area contributed by atoms with Crippen LogP contribution in [0.4, 0.5) is 18.0 Å². The molecule has 0 aliphatic carbocycles. The van der Waals surface area contributed by atoms with Gasteiger partial charge in [0.2, 0.25) is 0 Å². The monoisotopic (exact) mass is 417 g/mol. The Labute approximate surface area is 172 Å². The summed E-state index contributed by atoms with van der Waals surface area (Å²) in [5.74, 6) is 0. The molecule has 4 rings (SSSR count). The molecule has 1 fully saturated rings. The van der Waals surface area contributed by atoms with Crippen LogP contribution in [-0.2, 0) is 28.7 Å². The van der Waals surface area contributed by atoms with Crippen molar-refractivity contribution in [3.05, 3.63) is 82.9 Å². The van der Waals surface area contributed by atoms with Crippen molar-refractivity contribution in [1.82, 2.24) is 4.90 Å². The van der Waals surface area contributed by atoms with Gasteiger partial charge in [-0.15, -0.1) is 0 Å². The molecule has 0 radical (unpaired) electrons. The Morgan fingerprint density at radius 1 is 1.03 bits per heavy atom. The highest BCUT2D eigenvalue weighted by Crippen LogP contribution is 2.32. The summed E-state index contributed by atoms with van der Waals surface area (Å²) in [7, 11) is 0. The van der Waals surface area contributed by atoms with Crippen LogP contribution in [-0.4, -0.2) is 36.3 Å². The summed E-state index contributed by atoms with van der Waals surface area (Å²) >= 11 is 0. The van der Waals surface area contributed by atoms with E-state index in [-0.39, 0.29) is 24.8 Å². The number of hydrogen-bond donors (Lipinski definition) is 0. The molecule has 2 unspecified atom stereocenters. The summed E-state index contributed by atoms with van der Waals surface area (Å²) < 4.78 is 49.4. The Kier molecular flexibility index (Phi) is 5.81. The molecule has 0 saturated carbocycles. The molecule has 2 aliphatic heterocycles. The van der Waals surface area contributed by atoms with Crippen molar-refractivity contribution in [3.63, 3.8) is 0 Å². The van der Waals surface area contributed by atoms with Gasteiger partial charge in [0.25, 0.3) is 0 Å². The quantitative estimate of drug-likeness (QED) is 0.659. The predicted molar refractivity (Wildman–Crippen MR) is 105 cm³/mol. The number of morpholine rings is 1. The largest absolute Gasteiger partial charge is 0.445 e. The van der Waals surface area contributed by atoms with Crippen LogP contribution in [0.1, 0.15) is 23.1 Å². The highest BCUT2D eigenvalue weighted by atomic mass is 19.4. The van der Waals surface area contributed by atoms with E-state index in [0.717, 1.165) is 28.8 Å². The number of halogens is 3. The van der Waals surface area contributed by atoms with Crippen LogP contribution in [0.5, 0.6) is 0 Å². The summed E-state index contributed by atoms with van der Waals surface area (Å²) in [4.78, 5) is 14.4. The average molecular weight is 417 g/mol. The number of nitrogens with zero attached hydrogens (tertiary/aromatic N) is 1. The zero-order valence-electron chi connectivity index (χ0n) is 16.3. The van der Waals surface area contributed by atoms with Gasteiger partial charge in [0.1, 0.15) is 6.61 Å². The number of hydrogen-bond acceptors (Lipinski definition) is 3. The smallest absolute Gasteiger partial charge is 0.416 e. The van der Waals surface area contributed by atoms with E-state index in [1.54, 1.807) is 4.90 Å². The Morgan fingerprint density at radius 2 is 1.77 bits per heavy atom. The van der Waals surface area contributed by atoms with E-state index in [0.29, 0.717) is 26.1 Å². The lowest BCUT2D eigenvalue weighted by Gasteiger charge is -2.43. The fourth-order valence-corrected chi connectivity index (χ4v) is 3.97. The number of amides is 1. The maximum Gasteiger partial charge on any atom is 0.416 e. The second-order valence-corrected chi connectivity index (χ2v) is 7.61. The van der Waals surface area contributed by atoms with Crippen molar-refractivity contribution in [3.8, 4) is 0 Å². The summed E-state index contributed by atoms with van der Waals surface area (Å²) in [5.41, 5.74) is 2.18. The molecule has 2 aliphatic rings. The van der Waals surface area contributed by atoms with E-state index < -0.39 is 11.7 Å². The Bertz CT molecular complexity index is 910. The van der Waals surface area contributed by atoms with Crippen LogP contribution in [0.15, 0.2) is 66.2 Å². The van der Waals surface area contributed by atoms with Gasteiger partial charge in [0.15, 0.2) is 0 Å². The Morgan fingerprint density at radius 3 is 2.43 bits per heavy atom. The van der Waals surface area contributed by atoms with Gasteiger partial charge < -0.3 is 9.47 Å². The molecule has 4 nitrogen and oxygen atoms in total. The summed E-state index contributed by atoms with van der Waals surface area (Å²) in [6, 6.07) is 14.3. The number of rotatable bonds is 4. The molecule has 0 N–H and O–H groups in total. The van der Waals surface area contributed by atoms with Gasteiger partial charge in [-0.25, -0.2) is 4.79 Å². The molecule has 1 saturated heterocycles. The van der Waals surface area contributed by atoms with Crippen molar-refractivity contribution in [2.24, 2.45) is 0 Å². The zero-order valence-corrected chi connectivity index (χ0v) is 16.3. The van der Waals surface area contributed by atoms with Crippen LogP contribution >= 0.6 is 0 Å². The molecule has 1 amide bonds. The highest BCUT2D eigenvalue weighted by molar-refractivity contribution is 5.69. The number of fused-ring (bicyclic) bond motifs is 2. The first-order chi connectivity index (χ1) is 14.4. The van der Waals surface area contributed by atoms with E-state index in [4.69, 9.17) is 9.47 Å². The minimum absolute atomic E-state index is 0.138. The Balaban J connectivity index is 1.42. The van der Waals surface area contributed by atoms with E-state index >= 15 is 0 Å². The third-order valence-electron chi connectivity index (χ3n) is 5.40. The van der Waals surface area contributed by atoms with Gasteiger partial charge in [-0.2, -0.15) is 13.2 Å². The lowest BCUT2D eigenvalue weighted by Crippen LogP contribution is -2.56. The van der Waals surface area contributed by atoms with E-state index in [2.05, 4.69) is 0 Å². The van der Waals surface area contributed by atoms with Gasteiger partial charge in [-0.05, 0) is 36.1 Å². The molecule has 30 heavy (non-hydrogen) atoms. The van der Waals surface area contributed by atoms with E-state index in [9.17, 15) is 18.0 Å². The number of benzene rings is 2. The third-order valence-corrected chi connectivity index (χ3v) is 5.40. The van der Waals surface area contributed by atoms with Gasteiger partial charge in [-0.1, -0.05) is 54.1 Å². The first-order valence-corrected chi connectivity index (χ1v) is 9.82. The van der Waals surface area contributed by atoms with Gasteiger partial charge >= 0.3 is 12.3 Å². The normalized spacial score (nSPS) is 21.2. The first-order valence-electron chi connectivity index (χ1n) is 9.82. The molecule has 2 heterocycles. The van der Waals surface area contributed by atoms with Gasteiger partial charge in [0.05, 0.1) is 30.9 Å². The summed E-state index contributed by atoms with van der Waals surface area (Å²) in [6.07, 6.45) is -1.56. The molecule has 0 spiro atoms. The molecule has 2 aromatic rings. The third kappa shape index (κ3) is 4.67. The first kappa shape index (κ1) is 20.5. The molecule has 7 heteroatoms. The lowest BCUT2D eigenvalue weighted by molar-refractivity contribution is -0.137. The SMILES string of the molecule is O=C(OCc1ccccc1)N1C2C=C(Cc3ccc(C(F)(F)F)cc3)CC1COC2. The minimum Gasteiger partial charge on any atom is -0.445 e. The molecule has 158 valence electrons. The zero-order chi connectivity index (χ0) is 21.1. The van der Waals surface area contributed by atoms with Crippen LogP contribution in [0.3, 0.4) is 0 Å². The predicted octanol–water partition coefficient (Wildman–Crippen LogP) is 4.98. The number of carbonyl (C=O) groups excluding carboxylic acids is 1. The second kappa shape index (κ2) is 8.52. The van der Waals surface area contributed by atoms with Crippen LogP contribution in [0, 0.1) is 0 Å². The number of ether oxygens (including phenoxy) is 2. The average Bonchev–Trinajstić information content (AvgIpc) is 2.72. The standard InChI is InChI=1S/C23H22F3NO3/c24-23(25,26)19-8-6-16(7-9-19)10-18-11-20-14-29-15-21(12-18)27(20)22(28)30-13-17-4-2-1-3-5-17/h1-9,11,20-21H,10,12-15H2. The maximum absolute atomic E-state index is 12.7. The van der Waals surface area contributed by atoms with Gasteiger partial charge in [0, 0.05) is 0 Å².